The fourth-order valence-electron chi connectivity index (χ4n) is 3.62. The highest BCUT2D eigenvalue weighted by atomic mass is 35.5. The first kappa shape index (κ1) is 25.6. The van der Waals surface area contributed by atoms with Gasteiger partial charge in [0, 0.05) is 23.7 Å². The zero-order valence-electron chi connectivity index (χ0n) is 19.9. The average molecular weight is 524 g/mol. The van der Waals surface area contributed by atoms with Crippen LogP contribution in [0.15, 0.2) is 77.8 Å². The Bertz CT molecular complexity index is 1230. The summed E-state index contributed by atoms with van der Waals surface area (Å²) in [7, 11) is 3.18. The van der Waals surface area contributed by atoms with Crippen molar-refractivity contribution in [2.45, 2.75) is 18.1 Å². The number of carbonyl (C=O) groups is 2. The Morgan fingerprint density at radius 2 is 1.61 bits per heavy atom. The van der Waals surface area contributed by atoms with Gasteiger partial charge in [0.2, 0.25) is 11.8 Å². The summed E-state index contributed by atoms with van der Waals surface area (Å²) in [6.45, 7) is 0.440. The number of amidine groups is 1. The van der Waals surface area contributed by atoms with E-state index >= 15 is 0 Å². The first-order chi connectivity index (χ1) is 17.4. The zero-order chi connectivity index (χ0) is 25.5. The van der Waals surface area contributed by atoms with Crippen LogP contribution in [0, 0.1) is 0 Å². The first-order valence-electron chi connectivity index (χ1n) is 11.3. The van der Waals surface area contributed by atoms with Gasteiger partial charge in [0.1, 0.15) is 16.7 Å². The Morgan fingerprint density at radius 3 is 2.22 bits per heavy atom. The molecular weight excluding hydrogens is 498 g/mol. The molecule has 1 saturated heterocycles. The van der Waals surface area contributed by atoms with E-state index in [1.807, 2.05) is 36.4 Å². The third kappa shape index (κ3) is 6.59. The number of halogens is 1. The molecule has 0 saturated carbocycles. The van der Waals surface area contributed by atoms with Crippen LogP contribution in [-0.2, 0) is 16.0 Å². The van der Waals surface area contributed by atoms with Gasteiger partial charge in [-0.15, -0.1) is 0 Å². The number of benzene rings is 3. The SMILES string of the molecule is COc1ccc(N=C2S[C@@H](C(=O)Nc3ccc(OC)cc3)CC(=O)N2CCc2ccc(Cl)cc2)cc1. The molecule has 3 aromatic rings. The minimum atomic E-state index is -0.608. The monoisotopic (exact) mass is 523 g/mol. The van der Waals surface area contributed by atoms with E-state index in [1.165, 1.54) is 11.8 Å². The minimum absolute atomic E-state index is 0.0783. The second kappa shape index (κ2) is 12.0. The van der Waals surface area contributed by atoms with Gasteiger partial charge >= 0.3 is 0 Å². The van der Waals surface area contributed by atoms with Crippen LogP contribution in [0.2, 0.25) is 5.02 Å². The smallest absolute Gasteiger partial charge is 0.238 e. The molecule has 0 spiro atoms. The molecule has 0 aliphatic carbocycles. The summed E-state index contributed by atoms with van der Waals surface area (Å²) in [4.78, 5) is 32.6. The number of nitrogens with zero attached hydrogens (tertiary/aromatic N) is 2. The van der Waals surface area contributed by atoms with Crippen molar-refractivity contribution in [3.05, 3.63) is 83.4 Å². The number of methoxy groups -OCH3 is 2. The molecule has 0 bridgehead atoms. The Hall–Kier alpha value is -3.49. The van der Waals surface area contributed by atoms with Gasteiger partial charge in [-0.05, 0) is 72.6 Å². The largest absolute Gasteiger partial charge is 0.497 e. The van der Waals surface area contributed by atoms with Crippen LogP contribution in [0.25, 0.3) is 0 Å². The van der Waals surface area contributed by atoms with Crippen LogP contribution in [0.3, 0.4) is 0 Å². The number of ether oxygens (including phenoxy) is 2. The summed E-state index contributed by atoms with van der Waals surface area (Å²) in [5, 5.41) is 3.43. The highest BCUT2D eigenvalue weighted by Crippen LogP contribution is 2.31. The van der Waals surface area contributed by atoms with E-state index in [4.69, 9.17) is 26.1 Å². The van der Waals surface area contributed by atoms with E-state index in [-0.39, 0.29) is 18.2 Å². The van der Waals surface area contributed by atoms with E-state index < -0.39 is 5.25 Å². The fourth-order valence-corrected chi connectivity index (χ4v) is 4.87. The van der Waals surface area contributed by atoms with E-state index in [0.717, 1.165) is 5.56 Å². The lowest BCUT2D eigenvalue weighted by molar-refractivity contribution is -0.129. The molecule has 7 nitrogen and oxygen atoms in total. The number of aliphatic imine (C=N–C) groups is 1. The number of nitrogens with one attached hydrogen (secondary N) is 1. The van der Waals surface area contributed by atoms with Gasteiger partial charge in [-0.2, -0.15) is 0 Å². The summed E-state index contributed by atoms with van der Waals surface area (Å²) in [5.41, 5.74) is 2.35. The van der Waals surface area contributed by atoms with Crippen molar-refractivity contribution in [3.63, 3.8) is 0 Å². The maximum absolute atomic E-state index is 13.2. The molecule has 4 rings (SSSR count). The number of rotatable bonds is 8. The third-order valence-corrected chi connectivity index (χ3v) is 7.06. The van der Waals surface area contributed by atoms with Crippen LogP contribution in [0.5, 0.6) is 11.5 Å². The maximum atomic E-state index is 13.2. The molecule has 1 heterocycles. The van der Waals surface area contributed by atoms with Crippen molar-refractivity contribution in [3.8, 4) is 11.5 Å². The van der Waals surface area contributed by atoms with Crippen LogP contribution in [0.4, 0.5) is 11.4 Å². The summed E-state index contributed by atoms with van der Waals surface area (Å²) in [5.74, 6) is 1.01. The lowest BCUT2D eigenvalue weighted by atomic mass is 10.1. The van der Waals surface area contributed by atoms with Crippen molar-refractivity contribution >= 4 is 51.7 Å². The highest BCUT2D eigenvalue weighted by Gasteiger charge is 2.35. The molecule has 2 amide bonds. The average Bonchev–Trinajstić information content (AvgIpc) is 2.90. The van der Waals surface area contributed by atoms with Crippen LogP contribution < -0.4 is 14.8 Å². The molecule has 0 radical (unpaired) electrons. The van der Waals surface area contributed by atoms with Crippen LogP contribution >= 0.6 is 23.4 Å². The summed E-state index contributed by atoms with van der Waals surface area (Å²) in [6.07, 6.45) is 0.711. The molecule has 1 fully saturated rings. The van der Waals surface area contributed by atoms with E-state index in [0.29, 0.717) is 46.0 Å². The summed E-state index contributed by atoms with van der Waals surface area (Å²) >= 11 is 7.28. The number of thioether (sulfide) groups is 1. The van der Waals surface area contributed by atoms with Gasteiger partial charge in [0.05, 0.1) is 19.9 Å². The Morgan fingerprint density at radius 1 is 1.00 bits per heavy atom. The second-order valence-corrected chi connectivity index (χ2v) is 9.65. The second-order valence-electron chi connectivity index (χ2n) is 8.04. The summed E-state index contributed by atoms with van der Waals surface area (Å²) in [6, 6.07) is 21.8. The van der Waals surface area contributed by atoms with Gasteiger partial charge in [0.15, 0.2) is 5.17 Å². The lowest BCUT2D eigenvalue weighted by Gasteiger charge is -2.32. The predicted octanol–water partition coefficient (Wildman–Crippen LogP) is 5.56. The van der Waals surface area contributed by atoms with Crippen molar-refractivity contribution in [2.24, 2.45) is 4.99 Å². The molecule has 0 aromatic heterocycles. The first-order valence-corrected chi connectivity index (χ1v) is 12.6. The van der Waals surface area contributed by atoms with Crippen molar-refractivity contribution in [1.29, 1.82) is 0 Å². The molecule has 36 heavy (non-hydrogen) atoms. The van der Waals surface area contributed by atoms with E-state index in [9.17, 15) is 9.59 Å². The third-order valence-electron chi connectivity index (χ3n) is 5.62. The van der Waals surface area contributed by atoms with Gasteiger partial charge in [-0.25, -0.2) is 4.99 Å². The van der Waals surface area contributed by atoms with E-state index in [1.54, 1.807) is 55.5 Å². The molecule has 1 N–H and O–H groups in total. The molecule has 9 heteroatoms. The molecular formula is C27H26ClN3O4S. The number of hydrogen-bond donors (Lipinski definition) is 1. The number of hydrogen-bond acceptors (Lipinski definition) is 6. The highest BCUT2D eigenvalue weighted by molar-refractivity contribution is 8.15. The quantitative estimate of drug-likeness (QED) is 0.418. The fraction of sp³-hybridized carbons (Fsp3) is 0.222. The minimum Gasteiger partial charge on any atom is -0.497 e. The maximum Gasteiger partial charge on any atom is 0.238 e. The number of carbonyl (C=O) groups excluding carboxylic acids is 2. The van der Waals surface area contributed by atoms with Gasteiger partial charge < -0.3 is 14.8 Å². The number of anilines is 1. The molecule has 1 aliphatic heterocycles. The van der Waals surface area contributed by atoms with E-state index in [2.05, 4.69) is 5.32 Å². The Balaban J connectivity index is 1.53. The van der Waals surface area contributed by atoms with Crippen molar-refractivity contribution < 1.29 is 19.1 Å². The molecule has 186 valence electrons. The van der Waals surface area contributed by atoms with Crippen molar-refractivity contribution in [1.82, 2.24) is 4.90 Å². The van der Waals surface area contributed by atoms with Gasteiger partial charge in [-0.1, -0.05) is 35.5 Å². The zero-order valence-corrected chi connectivity index (χ0v) is 21.5. The Labute approximate surface area is 219 Å². The number of amides is 2. The van der Waals surface area contributed by atoms with Crippen molar-refractivity contribution in [2.75, 3.05) is 26.1 Å². The molecule has 1 aliphatic rings. The standard InChI is InChI=1S/C27H26ClN3O4S/c1-34-22-11-7-20(8-12-22)29-26(33)24-17-25(32)31(16-15-18-3-5-19(28)6-4-18)27(36-24)30-21-9-13-23(35-2)14-10-21/h3-14,24H,15-17H2,1-2H3,(H,29,33)/t24-/m1/s1. The topological polar surface area (TPSA) is 80.2 Å². The lowest BCUT2D eigenvalue weighted by Crippen LogP contribution is -2.46. The molecule has 0 unspecified atom stereocenters. The normalized spacial score (nSPS) is 16.6. The predicted molar refractivity (Wildman–Crippen MR) is 145 cm³/mol. The summed E-state index contributed by atoms with van der Waals surface area (Å²) < 4.78 is 10.4. The van der Waals surface area contributed by atoms with Gasteiger partial charge in [0.25, 0.3) is 0 Å². The van der Waals surface area contributed by atoms with Crippen LogP contribution in [0.1, 0.15) is 12.0 Å². The van der Waals surface area contributed by atoms with Crippen LogP contribution in [-0.4, -0.2) is 47.9 Å². The van der Waals surface area contributed by atoms with Gasteiger partial charge in [-0.3, -0.25) is 14.5 Å². The molecule has 3 aromatic carbocycles. The molecule has 1 atom stereocenters. The Kier molecular flexibility index (Phi) is 8.51.